The molecule has 0 spiro atoms. The highest BCUT2D eigenvalue weighted by molar-refractivity contribution is 8.00. The first-order chi connectivity index (χ1) is 6.65. The van der Waals surface area contributed by atoms with Crippen LogP contribution in [0.2, 0.25) is 0 Å². The molecule has 1 saturated heterocycles. The molecule has 0 amide bonds. The third-order valence-electron chi connectivity index (χ3n) is 2.72. The van der Waals surface area contributed by atoms with Gasteiger partial charge in [0.05, 0.1) is 5.69 Å². The van der Waals surface area contributed by atoms with Crippen LogP contribution in [0.3, 0.4) is 0 Å². The van der Waals surface area contributed by atoms with Crippen LogP contribution in [0.4, 0.5) is 0 Å². The monoisotopic (exact) mass is 212 g/mol. The van der Waals surface area contributed by atoms with E-state index in [0.29, 0.717) is 5.25 Å². The molecule has 1 aromatic heterocycles. The topological polar surface area (TPSA) is 38.0 Å². The van der Waals surface area contributed by atoms with Crippen LogP contribution in [-0.2, 0) is 12.1 Å². The zero-order valence-corrected chi connectivity index (χ0v) is 9.42. The van der Waals surface area contributed by atoms with Crippen LogP contribution < -0.4 is 0 Å². The molecule has 0 saturated carbocycles. The van der Waals surface area contributed by atoms with Gasteiger partial charge in [0.25, 0.3) is 0 Å². The first-order valence-electron chi connectivity index (χ1n) is 5.02. The SMILES string of the molecule is CCn1nccc1C1(O)CSC(C)C1. The first-order valence-corrected chi connectivity index (χ1v) is 6.07. The highest BCUT2D eigenvalue weighted by atomic mass is 32.2. The van der Waals surface area contributed by atoms with Crippen LogP contribution in [0.1, 0.15) is 26.0 Å². The van der Waals surface area contributed by atoms with Crippen LogP contribution in [0, 0.1) is 0 Å². The van der Waals surface area contributed by atoms with Crippen molar-refractivity contribution in [2.75, 3.05) is 5.75 Å². The maximum absolute atomic E-state index is 10.5. The van der Waals surface area contributed by atoms with E-state index in [1.165, 1.54) is 0 Å². The summed E-state index contributed by atoms with van der Waals surface area (Å²) in [5, 5.41) is 15.2. The van der Waals surface area contributed by atoms with Gasteiger partial charge in [-0.15, -0.1) is 0 Å². The Balaban J connectivity index is 2.30. The highest BCUT2D eigenvalue weighted by Gasteiger charge is 2.39. The zero-order valence-electron chi connectivity index (χ0n) is 8.60. The second-order valence-corrected chi connectivity index (χ2v) is 5.32. The molecule has 1 N–H and O–H groups in total. The Morgan fingerprint density at radius 2 is 2.57 bits per heavy atom. The van der Waals surface area contributed by atoms with E-state index in [0.717, 1.165) is 24.4 Å². The quantitative estimate of drug-likeness (QED) is 0.809. The lowest BCUT2D eigenvalue weighted by atomic mass is 9.96. The van der Waals surface area contributed by atoms with Gasteiger partial charge in [-0.3, -0.25) is 4.68 Å². The van der Waals surface area contributed by atoms with Gasteiger partial charge < -0.3 is 5.11 Å². The van der Waals surface area contributed by atoms with Crippen LogP contribution in [-0.4, -0.2) is 25.9 Å². The molecule has 2 unspecified atom stereocenters. The second kappa shape index (κ2) is 3.59. The predicted molar refractivity (Wildman–Crippen MR) is 58.3 cm³/mol. The van der Waals surface area contributed by atoms with Crippen molar-refractivity contribution in [1.82, 2.24) is 9.78 Å². The van der Waals surface area contributed by atoms with Gasteiger partial charge in [-0.1, -0.05) is 6.92 Å². The normalized spacial score (nSPS) is 32.4. The summed E-state index contributed by atoms with van der Waals surface area (Å²) in [6, 6.07) is 1.93. The molecule has 2 heterocycles. The average Bonchev–Trinajstić information content (AvgIpc) is 2.73. The summed E-state index contributed by atoms with van der Waals surface area (Å²) in [7, 11) is 0. The van der Waals surface area contributed by atoms with Gasteiger partial charge in [0, 0.05) is 23.7 Å². The van der Waals surface area contributed by atoms with E-state index >= 15 is 0 Å². The van der Waals surface area contributed by atoms with Gasteiger partial charge in [0.2, 0.25) is 0 Å². The van der Waals surface area contributed by atoms with E-state index < -0.39 is 5.60 Å². The molecule has 1 aliphatic rings. The van der Waals surface area contributed by atoms with E-state index in [-0.39, 0.29) is 0 Å². The fourth-order valence-electron chi connectivity index (χ4n) is 2.03. The molecule has 78 valence electrons. The molecule has 3 nitrogen and oxygen atoms in total. The van der Waals surface area contributed by atoms with Crippen molar-refractivity contribution in [3.63, 3.8) is 0 Å². The lowest BCUT2D eigenvalue weighted by Gasteiger charge is -2.22. The average molecular weight is 212 g/mol. The van der Waals surface area contributed by atoms with E-state index in [9.17, 15) is 5.11 Å². The summed E-state index contributed by atoms with van der Waals surface area (Å²) in [6.45, 7) is 5.03. The van der Waals surface area contributed by atoms with Crippen molar-refractivity contribution in [1.29, 1.82) is 0 Å². The molecule has 4 heteroatoms. The molecule has 1 aromatic rings. The Kier molecular flexibility index (Phi) is 2.58. The molecule has 0 bridgehead atoms. The molecule has 14 heavy (non-hydrogen) atoms. The molecule has 0 aliphatic carbocycles. The van der Waals surface area contributed by atoms with E-state index in [1.807, 2.05) is 29.4 Å². The van der Waals surface area contributed by atoms with Crippen molar-refractivity contribution in [2.45, 2.75) is 37.7 Å². The maximum atomic E-state index is 10.5. The van der Waals surface area contributed by atoms with Crippen molar-refractivity contribution >= 4 is 11.8 Å². The minimum absolute atomic E-state index is 0.542. The highest BCUT2D eigenvalue weighted by Crippen LogP contribution is 2.40. The molecule has 0 aromatic carbocycles. The van der Waals surface area contributed by atoms with Gasteiger partial charge in [-0.2, -0.15) is 16.9 Å². The molecular formula is C10H16N2OS. The summed E-state index contributed by atoms with van der Waals surface area (Å²) in [5.41, 5.74) is 0.313. The molecular weight excluding hydrogens is 196 g/mol. The number of nitrogens with zero attached hydrogens (tertiary/aromatic N) is 2. The molecule has 1 fully saturated rings. The number of hydrogen-bond donors (Lipinski definition) is 1. The number of aryl methyl sites for hydroxylation is 1. The number of thioether (sulfide) groups is 1. The maximum Gasteiger partial charge on any atom is 0.116 e. The summed E-state index contributed by atoms with van der Waals surface area (Å²) >= 11 is 1.83. The molecule has 0 radical (unpaired) electrons. The fourth-order valence-corrected chi connectivity index (χ4v) is 3.25. The van der Waals surface area contributed by atoms with Crippen molar-refractivity contribution in [3.05, 3.63) is 18.0 Å². The molecule has 2 atom stereocenters. The van der Waals surface area contributed by atoms with Gasteiger partial charge in [-0.25, -0.2) is 0 Å². The Bertz CT molecular complexity index is 326. The van der Waals surface area contributed by atoms with E-state index in [1.54, 1.807) is 6.20 Å². The third-order valence-corrected chi connectivity index (χ3v) is 4.10. The van der Waals surface area contributed by atoms with Crippen LogP contribution in [0.5, 0.6) is 0 Å². The van der Waals surface area contributed by atoms with Crippen molar-refractivity contribution < 1.29 is 5.11 Å². The predicted octanol–water partition coefficient (Wildman–Crippen LogP) is 1.62. The van der Waals surface area contributed by atoms with Gasteiger partial charge >= 0.3 is 0 Å². The Hall–Kier alpha value is -0.480. The first kappa shape index (κ1) is 10.1. The lowest BCUT2D eigenvalue weighted by Crippen LogP contribution is -2.29. The van der Waals surface area contributed by atoms with Gasteiger partial charge in [0.15, 0.2) is 0 Å². The minimum atomic E-state index is -0.656. The molecule has 2 rings (SSSR count). The third kappa shape index (κ3) is 1.57. The van der Waals surface area contributed by atoms with Gasteiger partial charge in [0.1, 0.15) is 5.60 Å². The Labute approximate surface area is 88.5 Å². The van der Waals surface area contributed by atoms with Crippen LogP contribution in [0.25, 0.3) is 0 Å². The number of hydrogen-bond acceptors (Lipinski definition) is 3. The summed E-state index contributed by atoms with van der Waals surface area (Å²) in [4.78, 5) is 0. The fraction of sp³-hybridized carbons (Fsp3) is 0.700. The minimum Gasteiger partial charge on any atom is -0.383 e. The van der Waals surface area contributed by atoms with Crippen LogP contribution in [0.15, 0.2) is 12.3 Å². The van der Waals surface area contributed by atoms with Crippen molar-refractivity contribution in [2.24, 2.45) is 0 Å². The smallest absolute Gasteiger partial charge is 0.116 e. The second-order valence-electron chi connectivity index (χ2n) is 3.89. The Morgan fingerprint density at radius 1 is 1.79 bits per heavy atom. The summed E-state index contributed by atoms with van der Waals surface area (Å²) in [6.07, 6.45) is 2.60. The van der Waals surface area contributed by atoms with Crippen molar-refractivity contribution in [3.8, 4) is 0 Å². The Morgan fingerprint density at radius 3 is 3.14 bits per heavy atom. The number of aromatic nitrogens is 2. The summed E-state index contributed by atoms with van der Waals surface area (Å²) in [5.74, 6) is 0.792. The number of aliphatic hydroxyl groups is 1. The largest absolute Gasteiger partial charge is 0.383 e. The van der Waals surface area contributed by atoms with Gasteiger partial charge in [-0.05, 0) is 19.4 Å². The van der Waals surface area contributed by atoms with Crippen LogP contribution >= 0.6 is 11.8 Å². The zero-order chi connectivity index (χ0) is 10.2. The van der Waals surface area contributed by atoms with E-state index in [2.05, 4.69) is 12.0 Å². The standard InChI is InChI=1S/C10H16N2OS/c1-3-12-9(4-5-11-12)10(13)6-8(2)14-7-10/h4-5,8,13H,3,6-7H2,1-2H3. The lowest BCUT2D eigenvalue weighted by molar-refractivity contribution is 0.0516. The summed E-state index contributed by atoms with van der Waals surface area (Å²) < 4.78 is 1.89. The number of rotatable bonds is 2. The van der Waals surface area contributed by atoms with E-state index in [4.69, 9.17) is 0 Å². The molecule has 1 aliphatic heterocycles.